The topological polar surface area (TPSA) is 88.2 Å². The van der Waals surface area contributed by atoms with Crippen LogP contribution in [-0.2, 0) is 0 Å². The van der Waals surface area contributed by atoms with E-state index in [0.717, 1.165) is 27.6 Å². The summed E-state index contributed by atoms with van der Waals surface area (Å²) in [5.41, 5.74) is 4.65. The number of pyridine rings is 1. The molecule has 2 aromatic heterocycles. The zero-order valence-corrected chi connectivity index (χ0v) is 18.9. The maximum absolute atomic E-state index is 12.4. The molecule has 7 nitrogen and oxygen atoms in total. The number of rotatable bonds is 8. The van der Waals surface area contributed by atoms with Crippen LogP contribution in [0.15, 0.2) is 72.4 Å². The molecule has 0 atom stereocenters. The fourth-order valence-corrected chi connectivity index (χ4v) is 3.75. The summed E-state index contributed by atoms with van der Waals surface area (Å²) in [4.78, 5) is 21.1. The lowest BCUT2D eigenvalue weighted by atomic mass is 10.2. The molecule has 0 aliphatic rings. The van der Waals surface area contributed by atoms with Crippen LogP contribution >= 0.6 is 11.3 Å². The fourth-order valence-electron chi connectivity index (χ4n) is 3.01. The first-order valence-electron chi connectivity index (χ1n) is 10.3. The van der Waals surface area contributed by atoms with Gasteiger partial charge in [0.25, 0.3) is 6.43 Å². The van der Waals surface area contributed by atoms with E-state index in [0.29, 0.717) is 17.1 Å². The van der Waals surface area contributed by atoms with Crippen molar-refractivity contribution < 1.29 is 18.3 Å². The van der Waals surface area contributed by atoms with Crippen molar-refractivity contribution in [3.05, 3.63) is 77.9 Å². The van der Waals surface area contributed by atoms with Crippen LogP contribution in [-0.4, -0.2) is 29.0 Å². The number of ether oxygens (including phenoxy) is 1. The molecule has 4 rings (SSSR count). The van der Waals surface area contributed by atoms with Crippen LogP contribution in [0.4, 0.5) is 35.8 Å². The van der Waals surface area contributed by atoms with Gasteiger partial charge in [-0.1, -0.05) is 6.07 Å². The summed E-state index contributed by atoms with van der Waals surface area (Å²) in [5, 5.41) is 11.5. The van der Waals surface area contributed by atoms with E-state index in [1.165, 1.54) is 23.5 Å². The van der Waals surface area contributed by atoms with Crippen molar-refractivity contribution in [2.75, 3.05) is 22.6 Å². The molecule has 34 heavy (non-hydrogen) atoms. The molecule has 0 aliphatic carbocycles. The minimum absolute atomic E-state index is 0.300. The summed E-state index contributed by atoms with van der Waals surface area (Å²) in [5.74, 6) is 0.300. The highest BCUT2D eigenvalue weighted by atomic mass is 32.1. The number of nitrogens with zero attached hydrogens (tertiary/aromatic N) is 2. The van der Waals surface area contributed by atoms with E-state index in [-0.39, 0.29) is 0 Å². The number of hydrogen-bond donors (Lipinski definition) is 3. The molecule has 0 spiro atoms. The summed E-state index contributed by atoms with van der Waals surface area (Å²) in [6.07, 6.45) is 0.932. The Hall–Kier alpha value is -4.05. The maximum Gasteiger partial charge on any atom is 0.323 e. The number of nitrogens with one attached hydrogen (secondary N) is 3. The van der Waals surface area contributed by atoms with E-state index >= 15 is 0 Å². The number of thiazole rings is 1. The molecule has 2 amide bonds. The van der Waals surface area contributed by atoms with Gasteiger partial charge in [0.15, 0.2) is 5.13 Å². The Balaban J connectivity index is 1.37. The molecule has 2 heterocycles. The Kier molecular flexibility index (Phi) is 7.28. The third kappa shape index (κ3) is 6.26. The summed E-state index contributed by atoms with van der Waals surface area (Å²) in [7, 11) is 0. The number of hydrogen-bond acceptors (Lipinski definition) is 6. The van der Waals surface area contributed by atoms with Gasteiger partial charge in [0, 0.05) is 40.4 Å². The first-order chi connectivity index (χ1) is 16.5. The van der Waals surface area contributed by atoms with E-state index in [1.807, 2.05) is 36.6 Å². The second-order valence-electron chi connectivity index (χ2n) is 7.24. The van der Waals surface area contributed by atoms with Crippen LogP contribution < -0.4 is 20.7 Å². The molecule has 0 saturated heterocycles. The average Bonchev–Trinajstić information content (AvgIpc) is 3.30. The minimum Gasteiger partial charge on any atom is -0.488 e. The molecule has 0 bridgehead atoms. The summed E-state index contributed by atoms with van der Waals surface area (Å²) < 4.78 is 29.4. The van der Waals surface area contributed by atoms with Crippen molar-refractivity contribution in [3.8, 4) is 17.0 Å². The second-order valence-corrected chi connectivity index (χ2v) is 8.10. The molecule has 0 saturated carbocycles. The predicted molar refractivity (Wildman–Crippen MR) is 130 cm³/mol. The molecule has 0 fully saturated rings. The summed E-state index contributed by atoms with van der Waals surface area (Å²) in [6, 6.07) is 15.1. The van der Waals surface area contributed by atoms with Crippen molar-refractivity contribution in [1.82, 2.24) is 9.97 Å². The Morgan fingerprint density at radius 2 is 1.85 bits per heavy atom. The summed E-state index contributed by atoms with van der Waals surface area (Å²) in [6.45, 7) is 1.28. The molecule has 4 aromatic rings. The van der Waals surface area contributed by atoms with Crippen LogP contribution in [0, 0.1) is 6.92 Å². The first kappa shape index (κ1) is 23.1. The number of aromatic nitrogens is 2. The van der Waals surface area contributed by atoms with Gasteiger partial charge in [0.2, 0.25) is 0 Å². The van der Waals surface area contributed by atoms with Crippen molar-refractivity contribution in [2.24, 2.45) is 0 Å². The zero-order chi connectivity index (χ0) is 23.9. The molecule has 10 heteroatoms. The Morgan fingerprint density at radius 3 is 2.59 bits per heavy atom. The number of benzene rings is 2. The largest absolute Gasteiger partial charge is 0.488 e. The van der Waals surface area contributed by atoms with Gasteiger partial charge in [-0.3, -0.25) is 4.98 Å². The van der Waals surface area contributed by atoms with Crippen LogP contribution in [0.5, 0.6) is 5.75 Å². The lowest BCUT2D eigenvalue weighted by molar-refractivity contribution is 0.0819. The maximum atomic E-state index is 12.4. The highest BCUT2D eigenvalue weighted by Gasteiger charge is 2.09. The van der Waals surface area contributed by atoms with Crippen molar-refractivity contribution in [3.63, 3.8) is 0 Å². The van der Waals surface area contributed by atoms with Crippen LogP contribution in [0.2, 0.25) is 0 Å². The lowest BCUT2D eigenvalue weighted by Crippen LogP contribution is -2.19. The van der Waals surface area contributed by atoms with Gasteiger partial charge >= 0.3 is 6.03 Å². The Labute approximate surface area is 198 Å². The molecule has 0 aliphatic heterocycles. The van der Waals surface area contributed by atoms with E-state index < -0.39 is 19.1 Å². The van der Waals surface area contributed by atoms with E-state index in [4.69, 9.17) is 4.74 Å². The van der Waals surface area contributed by atoms with Crippen LogP contribution in [0.3, 0.4) is 0 Å². The fraction of sp³-hybridized carbons (Fsp3) is 0.125. The van der Waals surface area contributed by atoms with Crippen molar-refractivity contribution in [1.29, 1.82) is 0 Å². The molecule has 174 valence electrons. The van der Waals surface area contributed by atoms with Crippen molar-refractivity contribution >= 4 is 39.6 Å². The highest BCUT2D eigenvalue weighted by molar-refractivity contribution is 7.14. The van der Waals surface area contributed by atoms with Gasteiger partial charge in [-0.25, -0.2) is 18.6 Å². The van der Waals surface area contributed by atoms with Crippen LogP contribution in [0.1, 0.15) is 5.56 Å². The van der Waals surface area contributed by atoms with Gasteiger partial charge in [0.05, 0.1) is 5.69 Å². The highest BCUT2D eigenvalue weighted by Crippen LogP contribution is 2.29. The number of carbonyl (C=O) groups is 1. The molecule has 0 radical (unpaired) electrons. The first-order valence-corrected chi connectivity index (χ1v) is 11.2. The normalized spacial score (nSPS) is 10.7. The van der Waals surface area contributed by atoms with Gasteiger partial charge < -0.3 is 20.7 Å². The standard InChI is InChI=1S/C24H21F2N5O2S/c1-15-4-5-18(29-23(32)28-17-6-8-19(9-7-17)33-13-22(25)26)11-20(15)30-24-31-21(14-34-24)16-3-2-10-27-12-16/h2-12,14,22H,13H2,1H3,(H,30,31)(H2,28,29,32). The SMILES string of the molecule is Cc1ccc(NC(=O)Nc2ccc(OCC(F)F)cc2)cc1Nc1nc(-c2cccnc2)cs1. The van der Waals surface area contributed by atoms with E-state index in [2.05, 4.69) is 25.9 Å². The predicted octanol–water partition coefficient (Wildman–Crippen LogP) is 6.55. The Bertz CT molecular complexity index is 1250. The molecular formula is C24H21F2N5O2S. The zero-order valence-electron chi connectivity index (χ0n) is 18.1. The minimum atomic E-state index is -2.55. The number of urea groups is 1. The van der Waals surface area contributed by atoms with Gasteiger partial charge in [0.1, 0.15) is 12.4 Å². The monoisotopic (exact) mass is 481 g/mol. The number of carbonyl (C=O) groups excluding carboxylic acids is 1. The number of amides is 2. The summed E-state index contributed by atoms with van der Waals surface area (Å²) >= 11 is 1.47. The molecular weight excluding hydrogens is 460 g/mol. The van der Waals surface area contributed by atoms with Crippen molar-refractivity contribution in [2.45, 2.75) is 13.3 Å². The van der Waals surface area contributed by atoms with Gasteiger partial charge in [-0.05, 0) is 61.0 Å². The van der Waals surface area contributed by atoms with Gasteiger partial charge in [-0.2, -0.15) is 0 Å². The quantitative estimate of drug-likeness (QED) is 0.266. The third-order valence-corrected chi connectivity index (χ3v) is 5.44. The Morgan fingerprint density at radius 1 is 1.09 bits per heavy atom. The smallest absolute Gasteiger partial charge is 0.323 e. The number of anilines is 4. The van der Waals surface area contributed by atoms with E-state index in [1.54, 1.807) is 30.6 Å². The molecule has 3 N–H and O–H groups in total. The second kappa shape index (κ2) is 10.7. The number of aryl methyl sites for hydroxylation is 1. The van der Waals surface area contributed by atoms with E-state index in [9.17, 15) is 13.6 Å². The third-order valence-electron chi connectivity index (χ3n) is 4.69. The van der Waals surface area contributed by atoms with Gasteiger partial charge in [-0.15, -0.1) is 11.3 Å². The van der Waals surface area contributed by atoms with Crippen LogP contribution in [0.25, 0.3) is 11.3 Å². The molecule has 0 unspecified atom stereocenters. The lowest BCUT2D eigenvalue weighted by Gasteiger charge is -2.12. The molecule has 2 aromatic carbocycles. The average molecular weight is 482 g/mol. The number of halogens is 2. The number of alkyl halides is 2.